The van der Waals surface area contributed by atoms with Gasteiger partial charge in [0.05, 0.1) is 0 Å². The number of nitrogens with one attached hydrogen (secondary N) is 1. The summed E-state index contributed by atoms with van der Waals surface area (Å²) in [7, 11) is 0. The summed E-state index contributed by atoms with van der Waals surface area (Å²) >= 11 is 1.68. The second kappa shape index (κ2) is 8.99. The van der Waals surface area contributed by atoms with Crippen LogP contribution in [0.15, 0.2) is 24.3 Å². The van der Waals surface area contributed by atoms with Crippen molar-refractivity contribution in [2.75, 3.05) is 18.6 Å². The molecule has 0 radical (unpaired) electrons. The van der Waals surface area contributed by atoms with Crippen LogP contribution in [0.5, 0.6) is 0 Å². The van der Waals surface area contributed by atoms with Crippen LogP contribution in [-0.2, 0) is 11.2 Å². The lowest BCUT2D eigenvalue weighted by atomic mass is 10.1. The molecule has 2 N–H and O–H groups in total. The molecule has 0 saturated carbocycles. The van der Waals surface area contributed by atoms with Crippen LogP contribution in [0.25, 0.3) is 0 Å². The molecule has 0 saturated heterocycles. The maximum Gasteiger partial charge on any atom is 0.220 e. The third-order valence-electron chi connectivity index (χ3n) is 2.93. The van der Waals surface area contributed by atoms with Gasteiger partial charge in [0.15, 0.2) is 0 Å². The minimum atomic E-state index is 0.0639. The highest BCUT2D eigenvalue weighted by atomic mass is 32.2. The Hall–Kier alpha value is -1.00. The lowest BCUT2D eigenvalue weighted by Gasteiger charge is -2.16. The molecule has 0 aromatic heterocycles. The zero-order valence-corrected chi connectivity index (χ0v) is 12.5. The number of aliphatic hydroxyl groups excluding tert-OH is 1. The van der Waals surface area contributed by atoms with Crippen molar-refractivity contribution in [2.45, 2.75) is 32.2 Å². The van der Waals surface area contributed by atoms with Gasteiger partial charge in [0.25, 0.3) is 0 Å². The molecule has 0 fully saturated rings. The first kappa shape index (κ1) is 16.1. The molecule has 1 rings (SSSR count). The van der Waals surface area contributed by atoms with Gasteiger partial charge in [0.2, 0.25) is 5.91 Å². The Morgan fingerprint density at radius 1 is 1.47 bits per heavy atom. The van der Waals surface area contributed by atoms with Crippen molar-refractivity contribution in [2.24, 2.45) is 0 Å². The predicted octanol–water partition coefficient (Wildman–Crippen LogP) is 2.16. The van der Waals surface area contributed by atoms with E-state index >= 15 is 0 Å². The monoisotopic (exact) mass is 281 g/mol. The fourth-order valence-electron chi connectivity index (χ4n) is 1.98. The third-order valence-corrected chi connectivity index (χ3v) is 3.67. The standard InChI is InChI=1S/C15H23NO2S/c1-12-4-3-5-13(10-12)6-7-15(18)16-14(8-9-17)11-19-2/h3-5,10,14,17H,6-9,11H2,1-2H3,(H,16,18). The molecule has 1 unspecified atom stereocenters. The topological polar surface area (TPSA) is 49.3 Å². The second-order valence-electron chi connectivity index (χ2n) is 4.72. The van der Waals surface area contributed by atoms with E-state index in [9.17, 15) is 4.79 Å². The van der Waals surface area contributed by atoms with Crippen molar-refractivity contribution in [1.29, 1.82) is 0 Å². The SMILES string of the molecule is CSCC(CCO)NC(=O)CCc1cccc(C)c1. The molecule has 1 atom stereocenters. The highest BCUT2D eigenvalue weighted by molar-refractivity contribution is 7.98. The number of amides is 1. The second-order valence-corrected chi connectivity index (χ2v) is 5.63. The molecular formula is C15H23NO2S. The number of aliphatic hydroxyl groups is 1. The first-order chi connectivity index (χ1) is 9.15. The van der Waals surface area contributed by atoms with E-state index in [-0.39, 0.29) is 18.6 Å². The molecule has 3 nitrogen and oxygen atoms in total. The highest BCUT2D eigenvalue weighted by Crippen LogP contribution is 2.07. The number of hydrogen-bond acceptors (Lipinski definition) is 3. The minimum absolute atomic E-state index is 0.0639. The van der Waals surface area contributed by atoms with Crippen LogP contribution in [0.1, 0.15) is 24.0 Å². The Bertz CT molecular complexity index is 389. The first-order valence-corrected chi connectivity index (χ1v) is 7.99. The Kier molecular flexibility index (Phi) is 7.60. The summed E-state index contributed by atoms with van der Waals surface area (Å²) in [5, 5.41) is 11.9. The molecule has 0 aliphatic heterocycles. The van der Waals surface area contributed by atoms with Gasteiger partial charge in [-0.15, -0.1) is 0 Å². The average molecular weight is 281 g/mol. The third kappa shape index (κ3) is 6.64. The molecule has 0 bridgehead atoms. The quantitative estimate of drug-likeness (QED) is 0.767. The number of aryl methyl sites for hydroxylation is 2. The van der Waals surface area contributed by atoms with Crippen LogP contribution < -0.4 is 5.32 Å². The molecule has 0 spiro atoms. The number of thioether (sulfide) groups is 1. The number of rotatable bonds is 8. The Balaban J connectivity index is 2.37. The molecule has 0 heterocycles. The Labute approximate surface area is 119 Å². The van der Waals surface area contributed by atoms with E-state index in [1.54, 1.807) is 11.8 Å². The van der Waals surface area contributed by atoms with Gasteiger partial charge in [-0.3, -0.25) is 4.79 Å². The van der Waals surface area contributed by atoms with Gasteiger partial charge in [-0.05, 0) is 31.6 Å². The van der Waals surface area contributed by atoms with E-state index in [4.69, 9.17) is 5.11 Å². The van der Waals surface area contributed by atoms with Crippen molar-refractivity contribution < 1.29 is 9.90 Å². The molecule has 0 aliphatic rings. The van der Waals surface area contributed by atoms with Crippen LogP contribution in [0.3, 0.4) is 0 Å². The van der Waals surface area contributed by atoms with E-state index < -0.39 is 0 Å². The lowest BCUT2D eigenvalue weighted by molar-refractivity contribution is -0.121. The summed E-state index contributed by atoms with van der Waals surface area (Å²) in [6.45, 7) is 2.17. The summed E-state index contributed by atoms with van der Waals surface area (Å²) in [5.41, 5.74) is 2.41. The van der Waals surface area contributed by atoms with Crippen molar-refractivity contribution in [3.05, 3.63) is 35.4 Å². The maximum absolute atomic E-state index is 11.9. The molecule has 1 aromatic rings. The normalized spacial score (nSPS) is 12.2. The average Bonchev–Trinajstić information content (AvgIpc) is 2.37. The van der Waals surface area contributed by atoms with Gasteiger partial charge >= 0.3 is 0 Å². The molecule has 0 aliphatic carbocycles. The number of carbonyl (C=O) groups excluding carboxylic acids is 1. The molecular weight excluding hydrogens is 258 g/mol. The van der Waals surface area contributed by atoms with Crippen molar-refractivity contribution in [1.82, 2.24) is 5.32 Å². The molecule has 4 heteroatoms. The van der Waals surface area contributed by atoms with Crippen LogP contribution in [-0.4, -0.2) is 35.7 Å². The lowest BCUT2D eigenvalue weighted by Crippen LogP contribution is -2.37. The summed E-state index contributed by atoms with van der Waals surface area (Å²) in [6.07, 6.45) is 3.89. The summed E-state index contributed by atoms with van der Waals surface area (Å²) in [4.78, 5) is 11.9. The zero-order valence-electron chi connectivity index (χ0n) is 11.7. The van der Waals surface area contributed by atoms with Gasteiger partial charge in [0.1, 0.15) is 0 Å². The van der Waals surface area contributed by atoms with E-state index in [0.717, 1.165) is 12.2 Å². The Morgan fingerprint density at radius 2 is 2.26 bits per heavy atom. The van der Waals surface area contributed by atoms with Crippen LogP contribution in [0.4, 0.5) is 0 Å². The van der Waals surface area contributed by atoms with E-state index in [0.29, 0.717) is 12.8 Å². The van der Waals surface area contributed by atoms with Gasteiger partial charge in [-0.2, -0.15) is 11.8 Å². The first-order valence-electron chi connectivity index (χ1n) is 6.60. The van der Waals surface area contributed by atoms with Crippen LogP contribution in [0, 0.1) is 6.92 Å². The van der Waals surface area contributed by atoms with E-state index in [2.05, 4.69) is 24.4 Å². The van der Waals surface area contributed by atoms with Crippen molar-refractivity contribution in [3.63, 3.8) is 0 Å². The summed E-state index contributed by atoms with van der Waals surface area (Å²) in [5.74, 6) is 0.908. The van der Waals surface area contributed by atoms with Gasteiger partial charge in [-0.25, -0.2) is 0 Å². The largest absolute Gasteiger partial charge is 0.396 e. The van der Waals surface area contributed by atoms with Crippen LogP contribution >= 0.6 is 11.8 Å². The van der Waals surface area contributed by atoms with E-state index in [1.165, 1.54) is 11.1 Å². The highest BCUT2D eigenvalue weighted by Gasteiger charge is 2.11. The molecule has 106 valence electrons. The fraction of sp³-hybridized carbons (Fsp3) is 0.533. The van der Waals surface area contributed by atoms with Crippen molar-refractivity contribution >= 4 is 17.7 Å². The number of carbonyl (C=O) groups is 1. The summed E-state index contributed by atoms with van der Waals surface area (Å²) < 4.78 is 0. The maximum atomic E-state index is 11.9. The minimum Gasteiger partial charge on any atom is -0.396 e. The molecule has 19 heavy (non-hydrogen) atoms. The van der Waals surface area contributed by atoms with Gasteiger partial charge < -0.3 is 10.4 Å². The smallest absolute Gasteiger partial charge is 0.220 e. The summed E-state index contributed by atoms with van der Waals surface area (Å²) in [6, 6.07) is 8.31. The Morgan fingerprint density at radius 3 is 2.89 bits per heavy atom. The van der Waals surface area contributed by atoms with E-state index in [1.807, 2.05) is 18.4 Å². The number of benzene rings is 1. The number of hydrogen-bond donors (Lipinski definition) is 2. The zero-order chi connectivity index (χ0) is 14.1. The van der Waals surface area contributed by atoms with Gasteiger partial charge in [0, 0.05) is 24.8 Å². The predicted molar refractivity (Wildman–Crippen MR) is 81.5 cm³/mol. The molecule has 1 aromatic carbocycles. The van der Waals surface area contributed by atoms with Crippen LogP contribution in [0.2, 0.25) is 0 Å². The van der Waals surface area contributed by atoms with Crippen molar-refractivity contribution in [3.8, 4) is 0 Å². The molecule has 1 amide bonds. The van der Waals surface area contributed by atoms with Gasteiger partial charge in [-0.1, -0.05) is 29.8 Å². The fourth-order valence-corrected chi connectivity index (χ4v) is 2.63.